The van der Waals surface area contributed by atoms with Crippen molar-refractivity contribution >= 4 is 38.9 Å². The second-order valence-corrected chi connectivity index (χ2v) is 7.12. The van der Waals surface area contributed by atoms with Crippen LogP contribution in [-0.4, -0.2) is 31.7 Å². The van der Waals surface area contributed by atoms with Crippen LogP contribution < -0.4 is 4.74 Å². The molecule has 0 bridgehead atoms. The number of rotatable bonds is 3. The summed E-state index contributed by atoms with van der Waals surface area (Å²) in [4.78, 5) is 23.1. The molecule has 6 nitrogen and oxygen atoms in total. The molecule has 0 aliphatic carbocycles. The number of hydrogen-bond donors (Lipinski definition) is 0. The van der Waals surface area contributed by atoms with Crippen molar-refractivity contribution < 1.29 is 9.53 Å². The number of ether oxygens (including phenoxy) is 1. The monoisotopic (exact) mass is 392 g/mol. The van der Waals surface area contributed by atoms with Gasteiger partial charge in [0.2, 0.25) is 5.78 Å². The van der Waals surface area contributed by atoms with Crippen molar-refractivity contribution in [3.63, 3.8) is 0 Å². The predicted molar refractivity (Wildman–Crippen MR) is 115 cm³/mol. The molecule has 2 aromatic carbocycles. The van der Waals surface area contributed by atoms with E-state index in [0.29, 0.717) is 22.5 Å². The number of nitrogens with zero attached hydrogens (tertiary/aromatic N) is 4. The minimum absolute atomic E-state index is 0.0955. The summed E-state index contributed by atoms with van der Waals surface area (Å²) in [6.07, 6.45) is 3.64. The molecule has 30 heavy (non-hydrogen) atoms. The highest BCUT2D eigenvalue weighted by Crippen LogP contribution is 2.31. The van der Waals surface area contributed by atoms with E-state index in [1.54, 1.807) is 37.7 Å². The van der Waals surface area contributed by atoms with E-state index >= 15 is 0 Å². The van der Waals surface area contributed by atoms with Gasteiger partial charge >= 0.3 is 0 Å². The Hall–Kier alpha value is -4.19. The third-order valence-corrected chi connectivity index (χ3v) is 5.51. The molecule has 0 aliphatic heterocycles. The summed E-state index contributed by atoms with van der Waals surface area (Å²) >= 11 is 0. The van der Waals surface area contributed by atoms with Gasteiger partial charge in [0.15, 0.2) is 5.65 Å². The number of methoxy groups -OCH3 is 1. The number of imidazole rings is 1. The molecule has 0 aliphatic rings. The van der Waals surface area contributed by atoms with Crippen LogP contribution in [0.1, 0.15) is 16.1 Å². The maximum absolute atomic E-state index is 13.5. The first-order valence-electron chi connectivity index (χ1n) is 9.59. The van der Waals surface area contributed by atoms with Crippen LogP contribution >= 0.6 is 0 Å². The number of aromatic nitrogens is 4. The van der Waals surface area contributed by atoms with Gasteiger partial charge in [-0.05, 0) is 48.5 Å². The van der Waals surface area contributed by atoms with Crippen molar-refractivity contribution in [2.45, 2.75) is 0 Å². The van der Waals surface area contributed by atoms with E-state index in [9.17, 15) is 4.79 Å². The Bertz CT molecular complexity index is 1590. The van der Waals surface area contributed by atoms with Gasteiger partial charge in [-0.1, -0.05) is 18.2 Å². The molecule has 6 rings (SSSR count). The molecule has 4 heterocycles. The number of benzene rings is 2. The molecular weight excluding hydrogens is 376 g/mol. The lowest BCUT2D eigenvalue weighted by molar-refractivity contribution is 0.103. The fourth-order valence-corrected chi connectivity index (χ4v) is 4.09. The van der Waals surface area contributed by atoms with Crippen LogP contribution in [0.4, 0.5) is 0 Å². The molecule has 0 spiro atoms. The van der Waals surface area contributed by atoms with Crippen molar-refractivity contribution in [1.82, 2.24) is 18.8 Å². The Kier molecular flexibility index (Phi) is 3.43. The van der Waals surface area contributed by atoms with Crippen molar-refractivity contribution in [1.29, 1.82) is 0 Å². The fraction of sp³-hybridized carbons (Fsp3) is 0.0417. The second-order valence-electron chi connectivity index (χ2n) is 7.12. The SMILES string of the molecule is COc1ccc(C(=O)c2c3ncn4c5ccccc5nc4c3c3ccccn23)cc1. The van der Waals surface area contributed by atoms with Crippen LogP contribution in [0.15, 0.2) is 79.3 Å². The van der Waals surface area contributed by atoms with E-state index in [4.69, 9.17) is 14.7 Å². The van der Waals surface area contributed by atoms with E-state index in [-0.39, 0.29) is 5.78 Å². The molecule has 0 N–H and O–H groups in total. The van der Waals surface area contributed by atoms with Crippen LogP contribution in [0.5, 0.6) is 5.75 Å². The third kappa shape index (κ3) is 2.21. The molecule has 6 heteroatoms. The van der Waals surface area contributed by atoms with Gasteiger partial charge in [0, 0.05) is 11.8 Å². The zero-order chi connectivity index (χ0) is 20.2. The highest BCUT2D eigenvalue weighted by molar-refractivity contribution is 6.20. The maximum atomic E-state index is 13.5. The van der Waals surface area contributed by atoms with Crippen LogP contribution in [-0.2, 0) is 0 Å². The molecule has 0 radical (unpaired) electrons. The summed E-state index contributed by atoms with van der Waals surface area (Å²) in [5.74, 6) is 0.613. The van der Waals surface area contributed by atoms with Crippen LogP contribution in [0.2, 0.25) is 0 Å². The van der Waals surface area contributed by atoms with Gasteiger partial charge in [-0.2, -0.15) is 0 Å². The average molecular weight is 392 g/mol. The zero-order valence-corrected chi connectivity index (χ0v) is 16.1. The Labute approximate surface area is 171 Å². The van der Waals surface area contributed by atoms with Crippen LogP contribution in [0, 0.1) is 0 Å². The van der Waals surface area contributed by atoms with Gasteiger partial charge in [0.1, 0.15) is 23.3 Å². The number of fused-ring (bicyclic) bond motifs is 7. The van der Waals surface area contributed by atoms with Gasteiger partial charge in [0.05, 0.1) is 29.0 Å². The summed E-state index contributed by atoms with van der Waals surface area (Å²) < 4.78 is 9.10. The third-order valence-electron chi connectivity index (χ3n) is 5.51. The first-order chi connectivity index (χ1) is 14.8. The number of hydrogen-bond acceptors (Lipinski definition) is 4. The summed E-state index contributed by atoms with van der Waals surface area (Å²) in [5.41, 5.74) is 5.32. The van der Waals surface area contributed by atoms with Gasteiger partial charge in [0.25, 0.3) is 0 Å². The molecule has 0 saturated heterocycles. The average Bonchev–Trinajstić information content (AvgIpc) is 3.34. The minimum Gasteiger partial charge on any atom is -0.497 e. The van der Waals surface area contributed by atoms with Gasteiger partial charge < -0.3 is 9.14 Å². The molecule has 0 fully saturated rings. The first-order valence-corrected chi connectivity index (χ1v) is 9.59. The molecule has 4 aromatic heterocycles. The lowest BCUT2D eigenvalue weighted by Crippen LogP contribution is -2.06. The summed E-state index contributed by atoms with van der Waals surface area (Å²) in [6.45, 7) is 0. The summed E-state index contributed by atoms with van der Waals surface area (Å²) in [6, 6.07) is 21.0. The number of ketones is 1. The van der Waals surface area contributed by atoms with Gasteiger partial charge in [-0.3, -0.25) is 9.20 Å². The minimum atomic E-state index is -0.0955. The first kappa shape index (κ1) is 16.7. The standard InChI is InChI=1S/C24H16N4O2/c1-30-16-11-9-15(10-12-16)23(29)22-21-20(19-8-4-5-13-27(19)22)24-26-17-6-2-3-7-18(17)28(24)14-25-21/h2-14H,1H3. The Morgan fingerprint density at radius 1 is 0.900 bits per heavy atom. The lowest BCUT2D eigenvalue weighted by Gasteiger charge is -2.04. The van der Waals surface area contributed by atoms with E-state index in [2.05, 4.69) is 0 Å². The maximum Gasteiger partial charge on any atom is 0.211 e. The van der Waals surface area contributed by atoms with E-state index in [1.807, 2.05) is 57.5 Å². The van der Waals surface area contributed by atoms with Crippen LogP contribution in [0.25, 0.3) is 33.1 Å². The van der Waals surface area contributed by atoms with E-state index < -0.39 is 0 Å². The molecule has 0 atom stereocenters. The molecule has 0 saturated carbocycles. The largest absolute Gasteiger partial charge is 0.497 e. The molecule has 6 aromatic rings. The molecule has 0 unspecified atom stereocenters. The van der Waals surface area contributed by atoms with Crippen molar-refractivity contribution in [2.75, 3.05) is 7.11 Å². The zero-order valence-electron chi connectivity index (χ0n) is 16.1. The Morgan fingerprint density at radius 2 is 1.67 bits per heavy atom. The number of carbonyl (C=O) groups excluding carboxylic acids is 1. The summed E-state index contributed by atoms with van der Waals surface area (Å²) in [5, 5.41) is 0.867. The number of carbonyl (C=O) groups is 1. The van der Waals surface area contributed by atoms with E-state index in [1.165, 1.54) is 0 Å². The van der Waals surface area contributed by atoms with Gasteiger partial charge in [-0.25, -0.2) is 9.97 Å². The lowest BCUT2D eigenvalue weighted by atomic mass is 10.1. The highest BCUT2D eigenvalue weighted by atomic mass is 16.5. The van der Waals surface area contributed by atoms with Crippen molar-refractivity contribution in [3.05, 3.63) is 90.5 Å². The van der Waals surface area contributed by atoms with Crippen molar-refractivity contribution in [2.24, 2.45) is 0 Å². The van der Waals surface area contributed by atoms with Crippen LogP contribution in [0.3, 0.4) is 0 Å². The molecule has 0 amide bonds. The smallest absolute Gasteiger partial charge is 0.211 e. The summed E-state index contributed by atoms with van der Waals surface area (Å²) in [7, 11) is 1.61. The molecule has 144 valence electrons. The highest BCUT2D eigenvalue weighted by Gasteiger charge is 2.23. The van der Waals surface area contributed by atoms with Gasteiger partial charge in [-0.15, -0.1) is 0 Å². The second kappa shape index (κ2) is 6.15. The fourth-order valence-electron chi connectivity index (χ4n) is 4.09. The Balaban J connectivity index is 1.71. The number of pyridine rings is 1. The van der Waals surface area contributed by atoms with E-state index in [0.717, 1.165) is 27.6 Å². The Morgan fingerprint density at radius 3 is 2.50 bits per heavy atom. The number of para-hydroxylation sites is 2. The topological polar surface area (TPSA) is 60.9 Å². The molecular formula is C24H16N4O2. The quantitative estimate of drug-likeness (QED) is 0.415. The van der Waals surface area contributed by atoms with Crippen molar-refractivity contribution in [3.8, 4) is 5.75 Å². The normalized spacial score (nSPS) is 11.6. The predicted octanol–water partition coefficient (Wildman–Crippen LogP) is 4.53.